The second-order valence-corrected chi connectivity index (χ2v) is 7.60. The van der Waals surface area contributed by atoms with Crippen LogP contribution in [0.15, 0.2) is 79.1 Å². The van der Waals surface area contributed by atoms with Crippen molar-refractivity contribution in [2.75, 3.05) is 44.7 Å². The SMILES string of the molecule is COc1cccc(C(=O)NCC(c2cccnc2)N2CCN(c3ccccc3)CC2)c1. The predicted octanol–water partition coefficient (Wildman–Crippen LogP) is 3.38. The number of amides is 1. The second kappa shape index (κ2) is 10.1. The van der Waals surface area contributed by atoms with Crippen LogP contribution in [0.2, 0.25) is 0 Å². The smallest absolute Gasteiger partial charge is 0.251 e. The van der Waals surface area contributed by atoms with Gasteiger partial charge in [0.1, 0.15) is 5.75 Å². The number of nitrogens with zero attached hydrogens (tertiary/aromatic N) is 3. The van der Waals surface area contributed by atoms with E-state index in [4.69, 9.17) is 4.74 Å². The maximum absolute atomic E-state index is 12.8. The summed E-state index contributed by atoms with van der Waals surface area (Å²) < 4.78 is 5.24. The van der Waals surface area contributed by atoms with E-state index >= 15 is 0 Å². The van der Waals surface area contributed by atoms with Gasteiger partial charge in [0, 0.05) is 56.4 Å². The van der Waals surface area contributed by atoms with Crippen LogP contribution in [0.5, 0.6) is 5.75 Å². The van der Waals surface area contributed by atoms with Crippen molar-refractivity contribution >= 4 is 11.6 Å². The number of hydrogen-bond acceptors (Lipinski definition) is 5. The molecule has 1 N–H and O–H groups in total. The molecule has 0 spiro atoms. The quantitative estimate of drug-likeness (QED) is 0.640. The molecule has 1 fully saturated rings. The van der Waals surface area contributed by atoms with Crippen molar-refractivity contribution in [3.63, 3.8) is 0 Å². The van der Waals surface area contributed by atoms with Crippen molar-refractivity contribution in [2.45, 2.75) is 6.04 Å². The first-order chi connectivity index (χ1) is 15.2. The van der Waals surface area contributed by atoms with Crippen LogP contribution in [-0.4, -0.2) is 55.6 Å². The van der Waals surface area contributed by atoms with Crippen LogP contribution in [-0.2, 0) is 0 Å². The Balaban J connectivity index is 1.44. The van der Waals surface area contributed by atoms with Crippen LogP contribution < -0.4 is 15.0 Å². The Bertz CT molecular complexity index is 973. The number of anilines is 1. The number of pyridine rings is 1. The average molecular weight is 417 g/mol. The molecule has 1 aromatic heterocycles. The molecule has 4 rings (SSSR count). The van der Waals surface area contributed by atoms with E-state index < -0.39 is 0 Å². The number of nitrogens with one attached hydrogen (secondary N) is 1. The fourth-order valence-corrected chi connectivity index (χ4v) is 4.02. The van der Waals surface area contributed by atoms with E-state index in [1.807, 2.05) is 30.5 Å². The fraction of sp³-hybridized carbons (Fsp3) is 0.280. The number of aromatic nitrogens is 1. The van der Waals surface area contributed by atoms with Gasteiger partial charge in [-0.15, -0.1) is 0 Å². The fourth-order valence-electron chi connectivity index (χ4n) is 4.02. The van der Waals surface area contributed by atoms with Crippen molar-refractivity contribution in [1.82, 2.24) is 15.2 Å². The van der Waals surface area contributed by atoms with Crippen LogP contribution in [0, 0.1) is 0 Å². The van der Waals surface area contributed by atoms with Gasteiger partial charge in [0.15, 0.2) is 0 Å². The standard InChI is InChI=1S/C25H28N4O2/c1-31-23-11-5-7-20(17-23)25(30)27-19-24(21-8-6-12-26-18-21)29-15-13-28(14-16-29)22-9-3-2-4-10-22/h2-12,17-18,24H,13-16,19H2,1H3,(H,27,30). The minimum Gasteiger partial charge on any atom is -0.497 e. The number of carbonyl (C=O) groups excluding carboxylic acids is 1. The van der Waals surface area contributed by atoms with Gasteiger partial charge < -0.3 is 15.0 Å². The van der Waals surface area contributed by atoms with E-state index in [0.717, 1.165) is 31.7 Å². The predicted molar refractivity (Wildman–Crippen MR) is 123 cm³/mol. The highest BCUT2D eigenvalue weighted by Gasteiger charge is 2.26. The maximum Gasteiger partial charge on any atom is 0.251 e. The van der Waals surface area contributed by atoms with Crippen LogP contribution in [0.3, 0.4) is 0 Å². The third-order valence-corrected chi connectivity index (χ3v) is 5.73. The molecule has 1 saturated heterocycles. The summed E-state index contributed by atoms with van der Waals surface area (Å²) in [5.74, 6) is 0.573. The van der Waals surface area contributed by atoms with Gasteiger partial charge in [-0.1, -0.05) is 30.3 Å². The average Bonchev–Trinajstić information content (AvgIpc) is 2.85. The third-order valence-electron chi connectivity index (χ3n) is 5.73. The summed E-state index contributed by atoms with van der Waals surface area (Å²) in [5.41, 5.74) is 2.96. The van der Waals surface area contributed by atoms with E-state index in [1.165, 1.54) is 5.69 Å². The highest BCUT2D eigenvalue weighted by Crippen LogP contribution is 2.23. The van der Waals surface area contributed by atoms with E-state index in [9.17, 15) is 4.79 Å². The summed E-state index contributed by atoms with van der Waals surface area (Å²) in [5, 5.41) is 3.11. The van der Waals surface area contributed by atoms with Gasteiger partial charge in [-0.2, -0.15) is 0 Å². The van der Waals surface area contributed by atoms with Crippen LogP contribution in [0.1, 0.15) is 22.0 Å². The molecule has 1 atom stereocenters. The summed E-state index contributed by atoms with van der Waals surface area (Å²) in [6.07, 6.45) is 3.68. The number of carbonyl (C=O) groups is 1. The van der Waals surface area contributed by atoms with Gasteiger partial charge in [-0.05, 0) is 42.0 Å². The first-order valence-electron chi connectivity index (χ1n) is 10.6. The van der Waals surface area contributed by atoms with Gasteiger partial charge in [0.2, 0.25) is 0 Å². The number of piperazine rings is 1. The number of hydrogen-bond donors (Lipinski definition) is 1. The largest absolute Gasteiger partial charge is 0.497 e. The zero-order valence-corrected chi connectivity index (χ0v) is 17.8. The van der Waals surface area contributed by atoms with Crippen LogP contribution in [0.25, 0.3) is 0 Å². The molecular formula is C25H28N4O2. The Morgan fingerprint density at radius 3 is 2.55 bits per heavy atom. The van der Waals surface area contributed by atoms with Crippen LogP contribution >= 0.6 is 0 Å². The maximum atomic E-state index is 12.8. The second-order valence-electron chi connectivity index (χ2n) is 7.60. The first-order valence-corrected chi connectivity index (χ1v) is 10.6. The molecule has 1 aliphatic heterocycles. The molecule has 0 saturated carbocycles. The number of rotatable bonds is 7. The number of ether oxygens (including phenoxy) is 1. The Hall–Kier alpha value is -3.38. The number of para-hydroxylation sites is 1. The van der Waals surface area contributed by atoms with Gasteiger partial charge in [-0.3, -0.25) is 14.7 Å². The van der Waals surface area contributed by atoms with Gasteiger partial charge in [0.25, 0.3) is 5.91 Å². The van der Waals surface area contributed by atoms with Crippen LogP contribution in [0.4, 0.5) is 5.69 Å². The first kappa shape index (κ1) is 20.9. The molecule has 6 nitrogen and oxygen atoms in total. The summed E-state index contributed by atoms with van der Waals surface area (Å²) >= 11 is 0. The zero-order chi connectivity index (χ0) is 21.5. The molecule has 0 aliphatic carbocycles. The lowest BCUT2D eigenvalue weighted by molar-refractivity contribution is 0.0929. The van der Waals surface area contributed by atoms with Crippen molar-refractivity contribution in [3.8, 4) is 5.75 Å². The molecule has 0 bridgehead atoms. The molecule has 160 valence electrons. The normalized spacial score (nSPS) is 15.3. The molecule has 1 amide bonds. The van der Waals surface area contributed by atoms with Gasteiger partial charge >= 0.3 is 0 Å². The number of methoxy groups -OCH3 is 1. The van der Waals surface area contributed by atoms with E-state index in [1.54, 1.807) is 25.4 Å². The van der Waals surface area contributed by atoms with Crippen molar-refractivity contribution < 1.29 is 9.53 Å². The summed E-state index contributed by atoms with van der Waals surface area (Å²) in [4.78, 5) is 21.9. The minimum absolute atomic E-state index is 0.0705. The molecule has 1 aliphatic rings. The lowest BCUT2D eigenvalue weighted by Crippen LogP contribution is -2.50. The highest BCUT2D eigenvalue weighted by atomic mass is 16.5. The zero-order valence-electron chi connectivity index (χ0n) is 17.8. The summed E-state index contributed by atoms with van der Waals surface area (Å²) in [7, 11) is 1.60. The summed E-state index contributed by atoms with van der Waals surface area (Å²) in [6.45, 7) is 4.26. The molecule has 3 aromatic rings. The van der Waals surface area contributed by atoms with E-state index in [2.05, 4.69) is 50.4 Å². The minimum atomic E-state index is -0.101. The Morgan fingerprint density at radius 2 is 1.84 bits per heavy atom. The molecule has 31 heavy (non-hydrogen) atoms. The molecule has 0 radical (unpaired) electrons. The Labute approximate surface area is 183 Å². The lowest BCUT2D eigenvalue weighted by atomic mass is 10.1. The van der Waals surface area contributed by atoms with Crippen molar-refractivity contribution in [1.29, 1.82) is 0 Å². The third kappa shape index (κ3) is 5.22. The van der Waals surface area contributed by atoms with E-state index in [-0.39, 0.29) is 11.9 Å². The molecule has 6 heteroatoms. The summed E-state index contributed by atoms with van der Waals surface area (Å²) in [6, 6.07) is 21.8. The molecule has 2 heterocycles. The van der Waals surface area contributed by atoms with Crippen molar-refractivity contribution in [2.24, 2.45) is 0 Å². The van der Waals surface area contributed by atoms with Gasteiger partial charge in [0.05, 0.1) is 13.2 Å². The lowest BCUT2D eigenvalue weighted by Gasteiger charge is -2.40. The highest BCUT2D eigenvalue weighted by molar-refractivity contribution is 5.94. The molecular weight excluding hydrogens is 388 g/mol. The number of benzene rings is 2. The topological polar surface area (TPSA) is 57.7 Å². The Morgan fingerprint density at radius 1 is 1.03 bits per heavy atom. The molecule has 2 aromatic carbocycles. The van der Waals surface area contributed by atoms with Gasteiger partial charge in [-0.25, -0.2) is 0 Å². The molecule has 1 unspecified atom stereocenters. The van der Waals surface area contributed by atoms with E-state index in [0.29, 0.717) is 17.9 Å². The Kier molecular flexibility index (Phi) is 6.79. The van der Waals surface area contributed by atoms with Crippen molar-refractivity contribution in [3.05, 3.63) is 90.3 Å². The monoisotopic (exact) mass is 416 g/mol.